The first-order valence-electron chi connectivity index (χ1n) is 5.91. The zero-order chi connectivity index (χ0) is 13.2. The van der Waals surface area contributed by atoms with E-state index in [0.29, 0.717) is 5.69 Å². The Kier molecular flexibility index (Phi) is 3.83. The SMILES string of the molecule is OCc1cn(-c2nc(N3CCOCC3)sc2Br)cn1. The maximum Gasteiger partial charge on any atom is 0.188 e. The molecule has 1 saturated heterocycles. The first-order valence-corrected chi connectivity index (χ1v) is 7.52. The Balaban J connectivity index is 1.88. The third kappa shape index (κ3) is 2.66. The van der Waals surface area contributed by atoms with Gasteiger partial charge in [0.25, 0.3) is 0 Å². The summed E-state index contributed by atoms with van der Waals surface area (Å²) in [6.07, 6.45) is 3.44. The van der Waals surface area contributed by atoms with E-state index in [1.807, 2.05) is 4.57 Å². The number of halogens is 1. The van der Waals surface area contributed by atoms with Crippen molar-refractivity contribution >= 4 is 32.4 Å². The molecule has 6 nitrogen and oxygen atoms in total. The highest BCUT2D eigenvalue weighted by atomic mass is 79.9. The summed E-state index contributed by atoms with van der Waals surface area (Å²) in [5.74, 6) is 0.804. The Morgan fingerprint density at radius 3 is 2.89 bits per heavy atom. The van der Waals surface area contributed by atoms with Crippen LogP contribution in [0.1, 0.15) is 5.69 Å². The van der Waals surface area contributed by atoms with Crippen LogP contribution in [-0.4, -0.2) is 45.9 Å². The lowest BCUT2D eigenvalue weighted by Gasteiger charge is -2.25. The lowest BCUT2D eigenvalue weighted by Crippen LogP contribution is -2.36. The largest absolute Gasteiger partial charge is 0.390 e. The van der Waals surface area contributed by atoms with Crippen molar-refractivity contribution in [3.8, 4) is 5.82 Å². The molecule has 0 bridgehead atoms. The van der Waals surface area contributed by atoms with Gasteiger partial charge < -0.3 is 14.7 Å². The van der Waals surface area contributed by atoms with Crippen LogP contribution in [0.25, 0.3) is 5.82 Å². The van der Waals surface area contributed by atoms with Crippen LogP contribution < -0.4 is 4.90 Å². The van der Waals surface area contributed by atoms with Crippen LogP contribution in [-0.2, 0) is 11.3 Å². The van der Waals surface area contributed by atoms with Gasteiger partial charge in [-0.2, -0.15) is 0 Å². The first-order chi connectivity index (χ1) is 9.28. The van der Waals surface area contributed by atoms with Crippen molar-refractivity contribution < 1.29 is 9.84 Å². The van der Waals surface area contributed by atoms with Crippen LogP contribution in [0.5, 0.6) is 0 Å². The van der Waals surface area contributed by atoms with E-state index in [-0.39, 0.29) is 6.61 Å². The predicted octanol–water partition coefficient (Wildman–Crippen LogP) is 1.42. The zero-order valence-corrected chi connectivity index (χ0v) is 12.5. The van der Waals surface area contributed by atoms with Crippen molar-refractivity contribution in [3.63, 3.8) is 0 Å². The summed E-state index contributed by atoms with van der Waals surface area (Å²) in [6.45, 7) is 3.15. The normalized spacial score (nSPS) is 16.0. The van der Waals surface area contributed by atoms with Gasteiger partial charge in [-0.3, -0.25) is 4.57 Å². The minimum Gasteiger partial charge on any atom is -0.390 e. The fourth-order valence-electron chi connectivity index (χ4n) is 1.89. The molecule has 3 heterocycles. The lowest BCUT2D eigenvalue weighted by molar-refractivity contribution is 0.122. The van der Waals surface area contributed by atoms with Crippen LogP contribution >= 0.6 is 27.3 Å². The Bertz CT molecular complexity index is 565. The van der Waals surface area contributed by atoms with Gasteiger partial charge in [-0.15, -0.1) is 0 Å². The number of ether oxygens (including phenoxy) is 1. The molecule has 8 heteroatoms. The van der Waals surface area contributed by atoms with Crippen molar-refractivity contribution in [2.75, 3.05) is 31.2 Å². The third-order valence-corrected chi connectivity index (χ3v) is 4.62. The number of morpholine rings is 1. The number of hydrogen-bond acceptors (Lipinski definition) is 6. The van der Waals surface area contributed by atoms with Gasteiger partial charge in [-0.1, -0.05) is 11.3 Å². The van der Waals surface area contributed by atoms with Gasteiger partial charge in [0.15, 0.2) is 10.9 Å². The van der Waals surface area contributed by atoms with Gasteiger partial charge in [0.1, 0.15) is 10.1 Å². The van der Waals surface area contributed by atoms with E-state index in [1.54, 1.807) is 23.9 Å². The minimum absolute atomic E-state index is 0.0644. The molecule has 1 aliphatic heterocycles. The number of aliphatic hydroxyl groups excluding tert-OH is 1. The molecule has 2 aromatic heterocycles. The zero-order valence-electron chi connectivity index (χ0n) is 10.1. The Morgan fingerprint density at radius 1 is 1.42 bits per heavy atom. The fourth-order valence-corrected chi connectivity index (χ4v) is 3.47. The number of nitrogens with zero attached hydrogens (tertiary/aromatic N) is 4. The summed E-state index contributed by atoms with van der Waals surface area (Å²) >= 11 is 5.14. The van der Waals surface area contributed by atoms with Crippen LogP contribution in [0.2, 0.25) is 0 Å². The summed E-state index contributed by atoms with van der Waals surface area (Å²) < 4.78 is 8.11. The monoisotopic (exact) mass is 344 g/mol. The second-order valence-electron chi connectivity index (χ2n) is 4.12. The molecule has 0 atom stereocenters. The molecule has 0 spiro atoms. The van der Waals surface area contributed by atoms with Gasteiger partial charge in [-0.05, 0) is 15.9 Å². The first kappa shape index (κ1) is 13.0. The molecule has 1 fully saturated rings. The number of imidazole rings is 1. The van der Waals surface area contributed by atoms with Gasteiger partial charge in [-0.25, -0.2) is 9.97 Å². The average molecular weight is 345 g/mol. The Labute approximate surface area is 122 Å². The van der Waals surface area contributed by atoms with E-state index in [1.165, 1.54) is 0 Å². The van der Waals surface area contributed by atoms with Crippen molar-refractivity contribution in [1.82, 2.24) is 14.5 Å². The van der Waals surface area contributed by atoms with Crippen LogP contribution in [0, 0.1) is 0 Å². The summed E-state index contributed by atoms with van der Waals surface area (Å²) in [5.41, 5.74) is 0.632. The van der Waals surface area contributed by atoms with Crippen LogP contribution in [0.15, 0.2) is 16.3 Å². The number of hydrogen-bond donors (Lipinski definition) is 1. The lowest BCUT2D eigenvalue weighted by atomic mass is 10.5. The number of thiazole rings is 1. The predicted molar refractivity (Wildman–Crippen MR) is 75.9 cm³/mol. The maximum absolute atomic E-state index is 9.05. The quantitative estimate of drug-likeness (QED) is 0.912. The number of anilines is 1. The van der Waals surface area contributed by atoms with Crippen molar-refractivity contribution in [3.05, 3.63) is 22.0 Å². The van der Waals surface area contributed by atoms with Gasteiger partial charge >= 0.3 is 0 Å². The minimum atomic E-state index is -0.0644. The van der Waals surface area contributed by atoms with Crippen molar-refractivity contribution in [1.29, 1.82) is 0 Å². The highest BCUT2D eigenvalue weighted by molar-refractivity contribution is 9.11. The molecule has 19 heavy (non-hydrogen) atoms. The van der Waals surface area contributed by atoms with Gasteiger partial charge in [0.2, 0.25) is 0 Å². The van der Waals surface area contributed by atoms with E-state index in [4.69, 9.17) is 9.84 Å². The second kappa shape index (κ2) is 5.58. The number of rotatable bonds is 3. The average Bonchev–Trinajstić information content (AvgIpc) is 3.06. The summed E-state index contributed by atoms with van der Waals surface area (Å²) in [6, 6.07) is 0. The summed E-state index contributed by atoms with van der Waals surface area (Å²) in [5, 5.41) is 10.0. The number of aromatic nitrogens is 3. The van der Waals surface area contributed by atoms with E-state index in [9.17, 15) is 0 Å². The van der Waals surface area contributed by atoms with E-state index >= 15 is 0 Å². The molecule has 102 valence electrons. The fraction of sp³-hybridized carbons (Fsp3) is 0.455. The molecule has 2 aromatic rings. The molecule has 0 aliphatic carbocycles. The summed E-state index contributed by atoms with van der Waals surface area (Å²) in [4.78, 5) is 10.9. The van der Waals surface area contributed by atoms with Crippen LogP contribution in [0.4, 0.5) is 5.13 Å². The number of aliphatic hydroxyl groups is 1. The molecule has 0 unspecified atom stereocenters. The van der Waals surface area contributed by atoms with Crippen molar-refractivity contribution in [2.24, 2.45) is 0 Å². The smallest absolute Gasteiger partial charge is 0.188 e. The molecule has 0 amide bonds. The van der Waals surface area contributed by atoms with Crippen molar-refractivity contribution in [2.45, 2.75) is 6.61 Å². The van der Waals surface area contributed by atoms with E-state index < -0.39 is 0 Å². The molecule has 0 aromatic carbocycles. The maximum atomic E-state index is 9.05. The van der Waals surface area contributed by atoms with Gasteiger partial charge in [0.05, 0.1) is 25.5 Å². The second-order valence-corrected chi connectivity index (χ2v) is 6.42. The topological polar surface area (TPSA) is 63.4 Å². The molecule has 0 saturated carbocycles. The van der Waals surface area contributed by atoms with E-state index in [0.717, 1.165) is 41.0 Å². The summed E-state index contributed by atoms with van der Waals surface area (Å²) in [7, 11) is 0. The molecule has 0 radical (unpaired) electrons. The highest BCUT2D eigenvalue weighted by Crippen LogP contribution is 2.33. The molecule has 1 aliphatic rings. The third-order valence-electron chi connectivity index (χ3n) is 2.88. The molecule has 1 N–H and O–H groups in total. The molecular weight excluding hydrogens is 332 g/mol. The highest BCUT2D eigenvalue weighted by Gasteiger charge is 2.18. The van der Waals surface area contributed by atoms with Crippen LogP contribution in [0.3, 0.4) is 0 Å². The Morgan fingerprint density at radius 2 is 2.21 bits per heavy atom. The van der Waals surface area contributed by atoms with Gasteiger partial charge in [0, 0.05) is 19.3 Å². The standard InChI is InChI=1S/C11H13BrN4O2S/c12-9-10(16-5-8(6-17)13-7-16)14-11(19-9)15-1-3-18-4-2-15/h5,7,17H,1-4,6H2. The molecular formula is C11H13BrN4O2S. The Hall–Kier alpha value is -0.960. The molecule has 3 rings (SSSR count). The van der Waals surface area contributed by atoms with E-state index in [2.05, 4.69) is 30.8 Å².